The summed E-state index contributed by atoms with van der Waals surface area (Å²) in [7, 11) is 0. The van der Waals surface area contributed by atoms with Crippen LogP contribution in [-0.4, -0.2) is 25.8 Å². The van der Waals surface area contributed by atoms with Crippen LogP contribution in [-0.2, 0) is 0 Å². The zero-order chi connectivity index (χ0) is 10.8. The van der Waals surface area contributed by atoms with Gasteiger partial charge in [-0.3, -0.25) is 0 Å². The molecular weight excluding hydrogens is 202 g/mol. The maximum absolute atomic E-state index is 5.87. The summed E-state index contributed by atoms with van der Waals surface area (Å²) >= 11 is 0. The Kier molecular flexibility index (Phi) is 2.54. The van der Waals surface area contributed by atoms with Crippen molar-refractivity contribution in [3.05, 3.63) is 29.8 Å². The van der Waals surface area contributed by atoms with Crippen LogP contribution in [0.3, 0.4) is 0 Å². The van der Waals surface area contributed by atoms with Gasteiger partial charge in [-0.2, -0.15) is 0 Å². The van der Waals surface area contributed by atoms with E-state index in [1.54, 1.807) is 0 Å². The average molecular weight is 217 g/mol. The van der Waals surface area contributed by atoms with Gasteiger partial charge in [-0.1, -0.05) is 6.08 Å². The molecule has 2 heterocycles. The van der Waals surface area contributed by atoms with Crippen LogP contribution in [0.25, 0.3) is 6.08 Å². The lowest BCUT2D eigenvalue weighted by Crippen LogP contribution is -2.19. The fourth-order valence-electron chi connectivity index (χ4n) is 2.08. The molecule has 84 valence electrons. The average Bonchev–Trinajstić information content (AvgIpc) is 2.82. The summed E-state index contributed by atoms with van der Waals surface area (Å²) in [5.41, 5.74) is 1.13. The van der Waals surface area contributed by atoms with Crippen LogP contribution in [0, 0.1) is 0 Å². The number of ether oxygens (including phenoxy) is 2. The highest BCUT2D eigenvalue weighted by Crippen LogP contribution is 2.29. The molecule has 1 fully saturated rings. The van der Waals surface area contributed by atoms with Gasteiger partial charge in [0.05, 0.1) is 0 Å². The molecule has 1 aromatic carbocycles. The second-order valence-electron chi connectivity index (χ2n) is 4.15. The lowest BCUT2D eigenvalue weighted by molar-refractivity contribution is 0.221. The Bertz CT molecular complexity index is 408. The normalized spacial score (nSPS) is 22.6. The van der Waals surface area contributed by atoms with Crippen molar-refractivity contribution in [2.24, 2.45) is 0 Å². The molecule has 0 unspecified atom stereocenters. The first-order valence-electron chi connectivity index (χ1n) is 5.72. The van der Waals surface area contributed by atoms with Crippen molar-refractivity contribution in [2.75, 3.05) is 19.7 Å². The molecule has 16 heavy (non-hydrogen) atoms. The molecule has 2 aliphatic heterocycles. The van der Waals surface area contributed by atoms with E-state index in [-0.39, 0.29) is 0 Å². The van der Waals surface area contributed by atoms with Crippen molar-refractivity contribution in [1.82, 2.24) is 5.32 Å². The Morgan fingerprint density at radius 1 is 1.38 bits per heavy atom. The van der Waals surface area contributed by atoms with Crippen molar-refractivity contribution in [3.63, 3.8) is 0 Å². The lowest BCUT2D eigenvalue weighted by Gasteiger charge is -2.16. The molecular formula is C13H15NO2. The Labute approximate surface area is 95.1 Å². The summed E-state index contributed by atoms with van der Waals surface area (Å²) in [5, 5.41) is 3.29. The smallest absolute Gasteiger partial charge is 0.130 e. The number of benzene rings is 1. The molecule has 1 N–H and O–H groups in total. The number of fused-ring (bicyclic) bond motifs is 1. The molecule has 1 atom stereocenters. The quantitative estimate of drug-likeness (QED) is 0.819. The van der Waals surface area contributed by atoms with E-state index in [0.717, 1.165) is 36.6 Å². The predicted octanol–water partition coefficient (Wildman–Crippen LogP) is 1.83. The summed E-state index contributed by atoms with van der Waals surface area (Å²) in [6.45, 7) is 2.65. The van der Waals surface area contributed by atoms with Gasteiger partial charge in [-0.05, 0) is 31.2 Å². The Hall–Kier alpha value is -1.48. The second kappa shape index (κ2) is 4.18. The van der Waals surface area contributed by atoms with Gasteiger partial charge in [0.1, 0.15) is 24.2 Å². The van der Waals surface area contributed by atoms with E-state index in [1.807, 2.05) is 24.3 Å². The maximum atomic E-state index is 5.87. The van der Waals surface area contributed by atoms with Gasteiger partial charge in [0, 0.05) is 18.2 Å². The highest BCUT2D eigenvalue weighted by atomic mass is 16.5. The van der Waals surface area contributed by atoms with Crippen LogP contribution in [0.4, 0.5) is 0 Å². The van der Waals surface area contributed by atoms with Gasteiger partial charge >= 0.3 is 0 Å². The number of nitrogens with one attached hydrogen (secondary N) is 1. The SMILES string of the molecule is C1=Cc2ccc(O[C@@H]3CCNC3)cc2OC1. The minimum atomic E-state index is 0.303. The van der Waals surface area contributed by atoms with E-state index in [9.17, 15) is 0 Å². The minimum absolute atomic E-state index is 0.303. The third-order valence-corrected chi connectivity index (χ3v) is 2.94. The number of hydrogen-bond acceptors (Lipinski definition) is 3. The topological polar surface area (TPSA) is 30.5 Å². The molecule has 0 spiro atoms. The third kappa shape index (κ3) is 1.91. The third-order valence-electron chi connectivity index (χ3n) is 2.94. The summed E-state index contributed by atoms with van der Waals surface area (Å²) in [4.78, 5) is 0. The number of rotatable bonds is 2. The van der Waals surface area contributed by atoms with Crippen LogP contribution in [0.5, 0.6) is 11.5 Å². The molecule has 3 heteroatoms. The van der Waals surface area contributed by atoms with Crippen LogP contribution in [0.2, 0.25) is 0 Å². The van der Waals surface area contributed by atoms with Gasteiger partial charge < -0.3 is 14.8 Å². The van der Waals surface area contributed by atoms with Crippen molar-refractivity contribution >= 4 is 6.08 Å². The molecule has 0 amide bonds. The molecule has 0 bridgehead atoms. The Balaban J connectivity index is 1.77. The molecule has 1 aromatic rings. The predicted molar refractivity (Wildman–Crippen MR) is 62.9 cm³/mol. The van der Waals surface area contributed by atoms with Crippen LogP contribution >= 0.6 is 0 Å². The Morgan fingerprint density at radius 3 is 3.25 bits per heavy atom. The van der Waals surface area contributed by atoms with Gasteiger partial charge in [0.15, 0.2) is 0 Å². The second-order valence-corrected chi connectivity index (χ2v) is 4.15. The first-order valence-corrected chi connectivity index (χ1v) is 5.72. The van der Waals surface area contributed by atoms with Gasteiger partial charge in [0.25, 0.3) is 0 Å². The highest BCUT2D eigenvalue weighted by molar-refractivity contribution is 5.60. The minimum Gasteiger partial charge on any atom is -0.489 e. The van der Waals surface area contributed by atoms with E-state index in [2.05, 4.69) is 11.4 Å². The van der Waals surface area contributed by atoms with Gasteiger partial charge in [-0.25, -0.2) is 0 Å². The molecule has 2 aliphatic rings. The molecule has 3 rings (SSSR count). The van der Waals surface area contributed by atoms with E-state index in [0.29, 0.717) is 12.7 Å². The highest BCUT2D eigenvalue weighted by Gasteiger charge is 2.16. The summed E-state index contributed by atoms with van der Waals surface area (Å²) in [6.07, 6.45) is 5.48. The van der Waals surface area contributed by atoms with Gasteiger partial charge in [0.2, 0.25) is 0 Å². The maximum Gasteiger partial charge on any atom is 0.130 e. The molecule has 1 saturated heterocycles. The standard InChI is InChI=1S/C13H15NO2/c1-2-10-3-4-11(8-13(10)15-7-1)16-12-5-6-14-9-12/h1-4,8,12,14H,5-7,9H2/t12-/m1/s1. The first-order chi connectivity index (χ1) is 7.92. The molecule has 0 aliphatic carbocycles. The summed E-state index contributed by atoms with van der Waals surface area (Å²) in [6, 6.07) is 6.04. The zero-order valence-corrected chi connectivity index (χ0v) is 9.11. The monoisotopic (exact) mass is 217 g/mol. The van der Waals surface area contributed by atoms with E-state index < -0.39 is 0 Å². The molecule has 0 aromatic heterocycles. The molecule has 0 radical (unpaired) electrons. The molecule has 3 nitrogen and oxygen atoms in total. The van der Waals surface area contributed by atoms with Crippen LogP contribution in [0.1, 0.15) is 12.0 Å². The van der Waals surface area contributed by atoms with Crippen molar-refractivity contribution in [3.8, 4) is 11.5 Å². The molecule has 0 saturated carbocycles. The van der Waals surface area contributed by atoms with Gasteiger partial charge in [-0.15, -0.1) is 0 Å². The van der Waals surface area contributed by atoms with E-state index in [1.165, 1.54) is 0 Å². The van der Waals surface area contributed by atoms with Crippen molar-refractivity contribution in [2.45, 2.75) is 12.5 Å². The number of hydrogen-bond donors (Lipinski definition) is 1. The fraction of sp³-hybridized carbons (Fsp3) is 0.385. The zero-order valence-electron chi connectivity index (χ0n) is 9.11. The van der Waals surface area contributed by atoms with Crippen molar-refractivity contribution < 1.29 is 9.47 Å². The Morgan fingerprint density at radius 2 is 2.38 bits per heavy atom. The van der Waals surface area contributed by atoms with E-state index in [4.69, 9.17) is 9.47 Å². The summed E-state index contributed by atoms with van der Waals surface area (Å²) in [5.74, 6) is 1.83. The summed E-state index contributed by atoms with van der Waals surface area (Å²) < 4.78 is 11.4. The largest absolute Gasteiger partial charge is 0.489 e. The first kappa shape index (κ1) is 9.73. The lowest BCUT2D eigenvalue weighted by atomic mass is 10.1. The van der Waals surface area contributed by atoms with E-state index >= 15 is 0 Å². The fourth-order valence-corrected chi connectivity index (χ4v) is 2.08. The van der Waals surface area contributed by atoms with Crippen molar-refractivity contribution in [1.29, 1.82) is 0 Å². The van der Waals surface area contributed by atoms with Crippen LogP contribution < -0.4 is 14.8 Å². The van der Waals surface area contributed by atoms with Crippen LogP contribution in [0.15, 0.2) is 24.3 Å².